The third-order valence-corrected chi connectivity index (χ3v) is 2.17. The van der Waals surface area contributed by atoms with Crippen LogP contribution in [0.25, 0.3) is 0 Å². The summed E-state index contributed by atoms with van der Waals surface area (Å²) < 4.78 is 27.7. The van der Waals surface area contributed by atoms with E-state index in [1.54, 1.807) is 7.11 Å². The molecular weight excluding hydrogens is 212 g/mol. The largest absolute Gasteiger partial charge is 0.467 e. The van der Waals surface area contributed by atoms with E-state index >= 15 is 0 Å². The van der Waals surface area contributed by atoms with Crippen molar-refractivity contribution in [2.24, 2.45) is 4.36 Å². The molecule has 0 aliphatic carbocycles. The molecule has 0 atom stereocenters. The zero-order chi connectivity index (χ0) is 10.8. The lowest BCUT2D eigenvalue weighted by Gasteiger charge is -2.44. The molecule has 0 aromatic heterocycles. The standard InChI is InChI=1S/C6H10N2O5S/c1-6(12-2)3-8(4-6)13-5(9)7-14(10)11/h3-4H2,1-2H3. The van der Waals surface area contributed by atoms with Gasteiger partial charge >= 0.3 is 16.6 Å². The van der Waals surface area contributed by atoms with Gasteiger partial charge in [0.15, 0.2) is 0 Å². The van der Waals surface area contributed by atoms with Crippen molar-refractivity contribution in [1.29, 1.82) is 0 Å². The van der Waals surface area contributed by atoms with Gasteiger partial charge in [-0.1, -0.05) is 4.36 Å². The molecule has 0 N–H and O–H groups in total. The number of carbonyl (C=O) groups excluding carboxylic acids is 1. The molecule has 0 saturated carbocycles. The van der Waals surface area contributed by atoms with Crippen molar-refractivity contribution in [3.63, 3.8) is 0 Å². The van der Waals surface area contributed by atoms with E-state index in [9.17, 15) is 13.2 Å². The van der Waals surface area contributed by atoms with Crippen LogP contribution in [0, 0.1) is 0 Å². The Morgan fingerprint density at radius 3 is 2.50 bits per heavy atom. The Labute approximate surface area is 82.3 Å². The van der Waals surface area contributed by atoms with Gasteiger partial charge in [0.25, 0.3) is 0 Å². The van der Waals surface area contributed by atoms with Gasteiger partial charge in [-0.05, 0) is 6.92 Å². The van der Waals surface area contributed by atoms with Crippen molar-refractivity contribution in [3.05, 3.63) is 0 Å². The molecule has 1 heterocycles. The molecule has 0 bridgehead atoms. The monoisotopic (exact) mass is 222 g/mol. The molecule has 1 fully saturated rings. The molecule has 1 aliphatic heterocycles. The maximum absolute atomic E-state index is 10.7. The van der Waals surface area contributed by atoms with E-state index in [0.29, 0.717) is 13.1 Å². The van der Waals surface area contributed by atoms with Crippen molar-refractivity contribution >= 4 is 16.6 Å². The molecule has 1 aliphatic rings. The minimum absolute atomic E-state index is 0.336. The first-order valence-electron chi connectivity index (χ1n) is 3.78. The van der Waals surface area contributed by atoms with Gasteiger partial charge in [-0.25, -0.2) is 4.79 Å². The Morgan fingerprint density at radius 1 is 1.50 bits per heavy atom. The number of hydrogen-bond donors (Lipinski definition) is 0. The number of amides is 1. The molecule has 7 nitrogen and oxygen atoms in total. The fraction of sp³-hybridized carbons (Fsp3) is 0.833. The maximum atomic E-state index is 10.7. The maximum Gasteiger partial charge on any atom is 0.467 e. The van der Waals surface area contributed by atoms with Gasteiger partial charge in [0.05, 0.1) is 18.7 Å². The number of hydrogen-bond acceptors (Lipinski definition) is 6. The summed E-state index contributed by atoms with van der Waals surface area (Å²) in [5.41, 5.74) is -0.336. The summed E-state index contributed by atoms with van der Waals surface area (Å²) in [6.45, 7) is 2.65. The van der Waals surface area contributed by atoms with Crippen LogP contribution in [0.1, 0.15) is 6.92 Å². The highest BCUT2D eigenvalue weighted by Crippen LogP contribution is 2.23. The summed E-state index contributed by atoms with van der Waals surface area (Å²) in [6, 6.07) is 0. The van der Waals surface area contributed by atoms with Gasteiger partial charge in [0, 0.05) is 7.11 Å². The predicted octanol–water partition coefficient (Wildman–Crippen LogP) is -0.179. The quantitative estimate of drug-likeness (QED) is 0.644. The van der Waals surface area contributed by atoms with Gasteiger partial charge < -0.3 is 9.57 Å². The molecule has 1 amide bonds. The van der Waals surface area contributed by atoms with Crippen LogP contribution in [-0.4, -0.2) is 45.4 Å². The first kappa shape index (κ1) is 11.1. The molecule has 80 valence electrons. The highest BCUT2D eigenvalue weighted by Gasteiger charge is 2.41. The fourth-order valence-electron chi connectivity index (χ4n) is 1.08. The minimum Gasteiger partial charge on any atom is -0.376 e. The lowest BCUT2D eigenvalue weighted by Crippen LogP contribution is -2.60. The van der Waals surface area contributed by atoms with E-state index in [1.807, 2.05) is 6.92 Å². The molecule has 0 unspecified atom stereocenters. The lowest BCUT2D eigenvalue weighted by molar-refractivity contribution is -0.238. The topological polar surface area (TPSA) is 85.3 Å². The van der Waals surface area contributed by atoms with Crippen molar-refractivity contribution in [1.82, 2.24) is 5.06 Å². The Hall–Kier alpha value is -0.990. The van der Waals surface area contributed by atoms with Gasteiger partial charge in [-0.2, -0.15) is 8.42 Å². The summed E-state index contributed by atoms with van der Waals surface area (Å²) >= 11 is 0. The van der Waals surface area contributed by atoms with E-state index in [0.717, 1.165) is 0 Å². The van der Waals surface area contributed by atoms with E-state index in [1.165, 1.54) is 5.06 Å². The van der Waals surface area contributed by atoms with Crippen molar-refractivity contribution in [2.45, 2.75) is 12.5 Å². The number of ether oxygens (including phenoxy) is 1. The second-order valence-corrected chi connectivity index (χ2v) is 3.73. The zero-order valence-corrected chi connectivity index (χ0v) is 8.57. The van der Waals surface area contributed by atoms with Crippen LogP contribution >= 0.6 is 0 Å². The molecule has 0 aromatic carbocycles. The van der Waals surface area contributed by atoms with Crippen molar-refractivity contribution in [2.75, 3.05) is 20.2 Å². The smallest absolute Gasteiger partial charge is 0.376 e. The molecular formula is C6H10N2O5S. The molecule has 14 heavy (non-hydrogen) atoms. The van der Waals surface area contributed by atoms with Crippen LogP contribution in [0.3, 0.4) is 0 Å². The summed E-state index contributed by atoms with van der Waals surface area (Å²) in [5, 5.41) is 1.28. The predicted molar refractivity (Wildman–Crippen MR) is 44.8 cm³/mol. The summed E-state index contributed by atoms with van der Waals surface area (Å²) in [4.78, 5) is 15.2. The first-order chi connectivity index (χ1) is 6.45. The van der Waals surface area contributed by atoms with E-state index in [4.69, 9.17) is 4.74 Å². The van der Waals surface area contributed by atoms with Crippen LogP contribution in [-0.2, 0) is 20.1 Å². The minimum atomic E-state index is -2.77. The second kappa shape index (κ2) is 4.03. The highest BCUT2D eigenvalue weighted by molar-refractivity contribution is 7.62. The summed E-state index contributed by atoms with van der Waals surface area (Å²) in [5.74, 6) is 0. The molecule has 1 rings (SSSR count). The van der Waals surface area contributed by atoms with Gasteiger partial charge in [-0.3, -0.25) is 0 Å². The summed E-state index contributed by atoms with van der Waals surface area (Å²) in [6.07, 6.45) is -1.14. The zero-order valence-electron chi connectivity index (χ0n) is 7.76. The Balaban J connectivity index is 2.37. The SMILES string of the molecule is COC1(C)CN(OC(=O)N=S(=O)=O)C1. The van der Waals surface area contributed by atoms with Crippen molar-refractivity contribution < 1.29 is 22.8 Å². The van der Waals surface area contributed by atoms with Gasteiger partial charge in [0.2, 0.25) is 0 Å². The van der Waals surface area contributed by atoms with E-state index in [-0.39, 0.29) is 5.60 Å². The molecule has 0 radical (unpaired) electrons. The Bertz CT molecular complexity index is 348. The molecule has 8 heteroatoms. The lowest BCUT2D eigenvalue weighted by atomic mass is 10.00. The summed E-state index contributed by atoms with van der Waals surface area (Å²) in [7, 11) is -1.22. The Morgan fingerprint density at radius 2 is 2.07 bits per heavy atom. The molecule has 0 aromatic rings. The average Bonchev–Trinajstić information content (AvgIpc) is 1.99. The van der Waals surface area contributed by atoms with Crippen LogP contribution in [0.5, 0.6) is 0 Å². The number of hydroxylamine groups is 2. The van der Waals surface area contributed by atoms with Gasteiger partial charge in [-0.15, -0.1) is 5.06 Å². The van der Waals surface area contributed by atoms with E-state index < -0.39 is 16.6 Å². The van der Waals surface area contributed by atoms with Crippen LogP contribution in [0.4, 0.5) is 4.79 Å². The van der Waals surface area contributed by atoms with Crippen LogP contribution < -0.4 is 0 Å². The normalized spacial score (nSPS) is 19.6. The third kappa shape index (κ3) is 2.76. The fourth-order valence-corrected chi connectivity index (χ4v) is 1.24. The Kier molecular flexibility index (Phi) is 3.19. The highest BCUT2D eigenvalue weighted by atomic mass is 32.2. The molecule has 1 saturated heterocycles. The number of methoxy groups -OCH3 is 1. The van der Waals surface area contributed by atoms with Crippen LogP contribution in [0.15, 0.2) is 4.36 Å². The first-order valence-corrected chi connectivity index (χ1v) is 4.81. The number of rotatable bonds is 2. The van der Waals surface area contributed by atoms with Crippen molar-refractivity contribution in [3.8, 4) is 0 Å². The number of carbonyl (C=O) groups is 1. The number of nitrogens with zero attached hydrogens (tertiary/aromatic N) is 2. The third-order valence-electron chi connectivity index (χ3n) is 1.87. The second-order valence-electron chi connectivity index (χ2n) is 3.12. The van der Waals surface area contributed by atoms with Crippen LogP contribution in [0.2, 0.25) is 0 Å². The van der Waals surface area contributed by atoms with E-state index in [2.05, 4.69) is 9.20 Å². The molecule has 0 spiro atoms. The van der Waals surface area contributed by atoms with Gasteiger partial charge in [0.1, 0.15) is 0 Å². The average molecular weight is 222 g/mol.